The number of alkyl halides is 6. The van der Waals surface area contributed by atoms with Crippen LogP contribution in [0.4, 0.5) is 30.7 Å². The van der Waals surface area contributed by atoms with Crippen LogP contribution in [0.15, 0.2) is 24.3 Å². The molecule has 0 fully saturated rings. The van der Waals surface area contributed by atoms with Crippen LogP contribution in [-0.4, -0.2) is 23.9 Å². The molecule has 0 aromatic heterocycles. The van der Waals surface area contributed by atoms with Crippen molar-refractivity contribution in [2.45, 2.75) is 31.5 Å². The van der Waals surface area contributed by atoms with Gasteiger partial charge in [-0.25, -0.2) is 4.39 Å². The lowest BCUT2D eigenvalue weighted by Crippen LogP contribution is -2.74. The third kappa shape index (κ3) is 3.87. The molecule has 22 heavy (non-hydrogen) atoms. The molecule has 0 radical (unpaired) electrons. The zero-order valence-electron chi connectivity index (χ0n) is 11.1. The van der Waals surface area contributed by atoms with Gasteiger partial charge in [-0.2, -0.15) is 26.3 Å². The molecular weight excluding hydrogens is 321 g/mol. The number of carbonyl (C=O) groups is 1. The van der Waals surface area contributed by atoms with E-state index < -0.39 is 36.3 Å². The summed E-state index contributed by atoms with van der Waals surface area (Å²) in [5.74, 6) is -2.20. The molecule has 0 saturated carbocycles. The lowest BCUT2D eigenvalue weighted by atomic mass is 10.1. The van der Waals surface area contributed by atoms with Crippen LogP contribution in [0.1, 0.15) is 12.5 Å². The fourth-order valence-electron chi connectivity index (χ4n) is 1.65. The first kappa shape index (κ1) is 18.2. The largest absolute Gasteiger partial charge is 0.434 e. The molecule has 0 aliphatic heterocycles. The Labute approximate surface area is 120 Å². The Kier molecular flexibility index (Phi) is 5.06. The van der Waals surface area contributed by atoms with Crippen molar-refractivity contribution in [3.8, 4) is 0 Å². The molecule has 10 heteroatoms. The number of rotatable bonds is 4. The van der Waals surface area contributed by atoms with E-state index in [9.17, 15) is 35.5 Å². The Hall–Kier alpha value is -1.84. The van der Waals surface area contributed by atoms with Crippen LogP contribution in [-0.2, 0) is 11.3 Å². The molecule has 0 heterocycles. The number of hydrogen-bond acceptors (Lipinski definition) is 2. The van der Waals surface area contributed by atoms with Crippen molar-refractivity contribution in [1.29, 1.82) is 0 Å². The molecule has 0 aliphatic carbocycles. The van der Waals surface area contributed by atoms with E-state index in [1.54, 1.807) is 0 Å². The maximum Gasteiger partial charge on any atom is 0.434 e. The fraction of sp³-hybridized carbons (Fsp3) is 0.417. The van der Waals surface area contributed by atoms with Crippen LogP contribution in [0.5, 0.6) is 0 Å². The van der Waals surface area contributed by atoms with E-state index in [1.807, 2.05) is 0 Å². The normalized spacial score (nSPS) is 13.1. The third-order valence-electron chi connectivity index (χ3n) is 2.68. The van der Waals surface area contributed by atoms with Crippen molar-refractivity contribution >= 4 is 5.91 Å². The standard InChI is InChI=1S/C12H11F7N2O/c1-7(22)21-10(11(14,15)16,12(17,18)19)20-6-8-2-4-9(13)5-3-8/h2-5,20H,6H2,1H3,(H,21,22). The first-order valence-corrected chi connectivity index (χ1v) is 5.81. The molecule has 0 spiro atoms. The van der Waals surface area contributed by atoms with Crippen LogP contribution in [0, 0.1) is 5.82 Å². The molecule has 0 atom stereocenters. The summed E-state index contributed by atoms with van der Waals surface area (Å²) < 4.78 is 90.3. The van der Waals surface area contributed by atoms with Crippen LogP contribution in [0.2, 0.25) is 0 Å². The fourth-order valence-corrected chi connectivity index (χ4v) is 1.65. The summed E-state index contributed by atoms with van der Waals surface area (Å²) in [5.41, 5.74) is -4.62. The average Bonchev–Trinajstić information content (AvgIpc) is 2.33. The molecule has 1 rings (SSSR count). The van der Waals surface area contributed by atoms with Gasteiger partial charge in [0.2, 0.25) is 5.91 Å². The zero-order valence-corrected chi connectivity index (χ0v) is 11.1. The summed E-state index contributed by atoms with van der Waals surface area (Å²) in [6, 6.07) is 3.82. The SMILES string of the molecule is CC(=O)NC(NCc1ccc(F)cc1)(C(F)(F)F)C(F)(F)F. The highest BCUT2D eigenvalue weighted by molar-refractivity contribution is 5.74. The highest BCUT2D eigenvalue weighted by Crippen LogP contribution is 2.41. The quantitative estimate of drug-likeness (QED) is 0.658. The van der Waals surface area contributed by atoms with Gasteiger partial charge in [0.1, 0.15) is 5.82 Å². The molecule has 2 N–H and O–H groups in total. The number of carbonyl (C=O) groups excluding carboxylic acids is 1. The lowest BCUT2D eigenvalue weighted by Gasteiger charge is -2.38. The number of nitrogens with one attached hydrogen (secondary N) is 2. The topological polar surface area (TPSA) is 41.1 Å². The van der Waals surface area contributed by atoms with Gasteiger partial charge >= 0.3 is 12.4 Å². The predicted octanol–water partition coefficient (Wildman–Crippen LogP) is 2.87. The van der Waals surface area contributed by atoms with Gasteiger partial charge in [-0.15, -0.1) is 0 Å². The summed E-state index contributed by atoms with van der Waals surface area (Å²) in [5, 5.41) is 2.16. The van der Waals surface area contributed by atoms with Gasteiger partial charge < -0.3 is 5.32 Å². The lowest BCUT2D eigenvalue weighted by molar-refractivity contribution is -0.316. The molecule has 124 valence electrons. The first-order chi connectivity index (χ1) is 9.89. The minimum Gasteiger partial charge on any atom is -0.323 e. The van der Waals surface area contributed by atoms with Crippen molar-refractivity contribution in [2.24, 2.45) is 0 Å². The van der Waals surface area contributed by atoms with Crippen LogP contribution < -0.4 is 10.6 Å². The Morgan fingerprint density at radius 3 is 1.82 bits per heavy atom. The Bertz CT molecular complexity index is 508. The van der Waals surface area contributed by atoms with E-state index in [2.05, 4.69) is 0 Å². The van der Waals surface area contributed by atoms with E-state index in [1.165, 1.54) is 5.32 Å². The predicted molar refractivity (Wildman–Crippen MR) is 61.9 cm³/mol. The Balaban J connectivity index is 3.13. The van der Waals surface area contributed by atoms with Crippen LogP contribution in [0.25, 0.3) is 0 Å². The smallest absolute Gasteiger partial charge is 0.323 e. The summed E-state index contributed by atoms with van der Waals surface area (Å²) in [6.07, 6.45) is -11.7. The Morgan fingerprint density at radius 1 is 1.00 bits per heavy atom. The summed E-state index contributed by atoms with van der Waals surface area (Å²) in [7, 11) is 0. The third-order valence-corrected chi connectivity index (χ3v) is 2.68. The van der Waals surface area contributed by atoms with Crippen molar-refractivity contribution < 1.29 is 35.5 Å². The van der Waals surface area contributed by atoms with Crippen LogP contribution in [0.3, 0.4) is 0 Å². The van der Waals surface area contributed by atoms with E-state index in [0.717, 1.165) is 29.6 Å². The summed E-state index contributed by atoms with van der Waals surface area (Å²) in [6.45, 7) is -0.356. The van der Waals surface area contributed by atoms with Crippen LogP contribution >= 0.6 is 0 Å². The average molecular weight is 332 g/mol. The zero-order chi connectivity index (χ0) is 17.2. The first-order valence-electron chi connectivity index (χ1n) is 5.81. The molecule has 3 nitrogen and oxygen atoms in total. The Morgan fingerprint density at radius 2 is 1.45 bits per heavy atom. The van der Waals surface area contributed by atoms with Crippen molar-refractivity contribution in [3.63, 3.8) is 0 Å². The monoisotopic (exact) mass is 332 g/mol. The number of benzene rings is 1. The van der Waals surface area contributed by atoms with Gasteiger partial charge in [0, 0.05) is 13.5 Å². The van der Waals surface area contributed by atoms with Gasteiger partial charge in [0.25, 0.3) is 5.66 Å². The second-order valence-corrected chi connectivity index (χ2v) is 4.41. The van der Waals surface area contributed by atoms with Crippen molar-refractivity contribution in [1.82, 2.24) is 10.6 Å². The van der Waals surface area contributed by atoms with Gasteiger partial charge in [0.15, 0.2) is 0 Å². The molecule has 0 bridgehead atoms. The van der Waals surface area contributed by atoms with Gasteiger partial charge in [-0.05, 0) is 17.7 Å². The molecule has 1 amide bonds. The highest BCUT2D eigenvalue weighted by Gasteiger charge is 2.71. The number of halogens is 7. The van der Waals surface area contributed by atoms with E-state index in [-0.39, 0.29) is 5.56 Å². The second kappa shape index (κ2) is 6.11. The highest BCUT2D eigenvalue weighted by atomic mass is 19.4. The van der Waals surface area contributed by atoms with E-state index in [4.69, 9.17) is 0 Å². The molecule has 1 aromatic carbocycles. The van der Waals surface area contributed by atoms with Gasteiger partial charge in [0.05, 0.1) is 0 Å². The minimum absolute atomic E-state index is 0.0235. The molecule has 0 saturated heterocycles. The van der Waals surface area contributed by atoms with Gasteiger partial charge in [-0.1, -0.05) is 12.1 Å². The summed E-state index contributed by atoms with van der Waals surface area (Å²) >= 11 is 0. The number of amides is 1. The second-order valence-electron chi connectivity index (χ2n) is 4.41. The van der Waals surface area contributed by atoms with Crippen molar-refractivity contribution in [3.05, 3.63) is 35.6 Å². The molecule has 0 aliphatic rings. The van der Waals surface area contributed by atoms with E-state index >= 15 is 0 Å². The molecular formula is C12H11F7N2O. The van der Waals surface area contributed by atoms with E-state index in [0.29, 0.717) is 6.92 Å². The molecule has 1 aromatic rings. The van der Waals surface area contributed by atoms with Gasteiger partial charge in [-0.3, -0.25) is 10.1 Å². The summed E-state index contributed by atoms with van der Waals surface area (Å²) in [4.78, 5) is 10.8. The number of hydrogen-bond donors (Lipinski definition) is 2. The van der Waals surface area contributed by atoms with Crippen molar-refractivity contribution in [2.75, 3.05) is 0 Å². The maximum absolute atomic E-state index is 12.9. The maximum atomic E-state index is 12.9. The molecule has 0 unspecified atom stereocenters. The minimum atomic E-state index is -5.84.